The number of hydrogen-bond acceptors (Lipinski definition) is 6. The van der Waals surface area contributed by atoms with E-state index in [0.717, 1.165) is 46.1 Å². The van der Waals surface area contributed by atoms with Crippen LogP contribution in [0, 0.1) is 0 Å². The Hall–Kier alpha value is -3.54. The Kier molecular flexibility index (Phi) is 3.32. The average molecular weight is 371 g/mol. The van der Waals surface area contributed by atoms with E-state index in [0.29, 0.717) is 0 Å². The average Bonchev–Trinajstić information content (AvgIpc) is 3.40. The van der Waals surface area contributed by atoms with Gasteiger partial charge in [-0.3, -0.25) is 4.98 Å². The molecule has 6 rings (SSSR count). The van der Waals surface area contributed by atoms with Gasteiger partial charge in [0.25, 0.3) is 0 Å². The maximum atomic E-state index is 6.32. The van der Waals surface area contributed by atoms with Crippen molar-refractivity contribution in [3.05, 3.63) is 83.7 Å². The van der Waals surface area contributed by atoms with Crippen molar-refractivity contribution in [1.82, 2.24) is 9.99 Å². The molecule has 0 saturated carbocycles. The number of rotatable bonds is 2. The number of nitrogens with zero attached hydrogens (tertiary/aromatic N) is 3. The van der Waals surface area contributed by atoms with E-state index in [4.69, 9.17) is 19.3 Å². The highest BCUT2D eigenvalue weighted by atomic mass is 16.7. The van der Waals surface area contributed by atoms with Crippen LogP contribution in [0.3, 0.4) is 0 Å². The topological polar surface area (TPSA) is 56.2 Å². The molecule has 3 aliphatic rings. The van der Waals surface area contributed by atoms with Crippen LogP contribution >= 0.6 is 0 Å². The highest BCUT2D eigenvalue weighted by Crippen LogP contribution is 2.47. The Morgan fingerprint density at radius 2 is 1.86 bits per heavy atom. The molecule has 3 aromatic rings. The smallest absolute Gasteiger partial charge is 0.231 e. The summed E-state index contributed by atoms with van der Waals surface area (Å²) in [6.07, 6.45) is 4.10. The molecule has 0 N–H and O–H groups in total. The highest BCUT2D eigenvalue weighted by molar-refractivity contribution is 6.02. The molecule has 3 aliphatic heterocycles. The lowest BCUT2D eigenvalue weighted by atomic mass is 9.96. The van der Waals surface area contributed by atoms with E-state index in [-0.39, 0.29) is 19.1 Å². The Balaban J connectivity index is 1.43. The number of fused-ring (bicyclic) bond motifs is 4. The van der Waals surface area contributed by atoms with Crippen LogP contribution in [0.1, 0.15) is 35.4 Å². The van der Waals surface area contributed by atoms with Gasteiger partial charge in [0.2, 0.25) is 13.0 Å². The molecule has 0 fully saturated rings. The number of pyridine rings is 1. The van der Waals surface area contributed by atoms with Crippen molar-refractivity contribution < 1.29 is 14.2 Å². The lowest BCUT2D eigenvalue weighted by molar-refractivity contribution is -0.0192. The molecule has 1 aromatic heterocycles. The van der Waals surface area contributed by atoms with Crippen molar-refractivity contribution in [2.75, 3.05) is 6.79 Å². The van der Waals surface area contributed by atoms with Gasteiger partial charge in [-0.1, -0.05) is 24.3 Å². The second-order valence-electron chi connectivity index (χ2n) is 7.01. The van der Waals surface area contributed by atoms with Crippen LogP contribution in [0.25, 0.3) is 0 Å². The Morgan fingerprint density at radius 3 is 2.79 bits per heavy atom. The normalized spacial score (nSPS) is 21.6. The van der Waals surface area contributed by atoms with Gasteiger partial charge in [-0.25, -0.2) is 5.01 Å². The fourth-order valence-corrected chi connectivity index (χ4v) is 4.03. The summed E-state index contributed by atoms with van der Waals surface area (Å²) >= 11 is 0. The molecule has 0 radical (unpaired) electrons. The van der Waals surface area contributed by atoms with Gasteiger partial charge in [-0.2, -0.15) is 5.10 Å². The molecule has 138 valence electrons. The molecular formula is C22H17N3O3. The van der Waals surface area contributed by atoms with E-state index in [1.54, 1.807) is 6.20 Å². The first-order chi connectivity index (χ1) is 13.9. The van der Waals surface area contributed by atoms with E-state index in [2.05, 4.69) is 16.1 Å². The maximum Gasteiger partial charge on any atom is 0.231 e. The molecule has 6 nitrogen and oxygen atoms in total. The van der Waals surface area contributed by atoms with E-state index in [1.165, 1.54) is 0 Å². The third-order valence-corrected chi connectivity index (χ3v) is 5.37. The number of benzene rings is 2. The van der Waals surface area contributed by atoms with Crippen LogP contribution in [0.2, 0.25) is 0 Å². The minimum absolute atomic E-state index is 0.121. The standard InChI is InChI=1S/C22H17N3O3/c1-2-6-19-16(5-1)18-11-17(14-7-8-20-21(10-14)27-13-26-20)24-25(18)22(28-19)15-4-3-9-23-12-15/h1-10,12,18,22H,11,13H2. The van der Waals surface area contributed by atoms with Gasteiger partial charge in [0.1, 0.15) is 5.75 Å². The van der Waals surface area contributed by atoms with Crippen LogP contribution in [0.15, 0.2) is 72.1 Å². The SMILES string of the molecule is c1cncc(C2Oc3ccccc3C3CC(c4ccc5c(c4)OCO5)=NN32)c1. The van der Waals surface area contributed by atoms with E-state index < -0.39 is 0 Å². The highest BCUT2D eigenvalue weighted by Gasteiger charge is 2.41. The molecule has 4 heterocycles. The molecule has 2 atom stereocenters. The molecule has 2 aromatic carbocycles. The van der Waals surface area contributed by atoms with Crippen LogP contribution in [-0.4, -0.2) is 22.5 Å². The van der Waals surface area contributed by atoms with Crippen molar-refractivity contribution in [1.29, 1.82) is 0 Å². The number of ether oxygens (including phenoxy) is 3. The Bertz CT molecular complexity index is 1080. The summed E-state index contributed by atoms with van der Waals surface area (Å²) in [6, 6.07) is 18.2. The lowest BCUT2D eigenvalue weighted by Gasteiger charge is -2.38. The first-order valence-corrected chi connectivity index (χ1v) is 9.28. The second kappa shape index (κ2) is 5.99. The predicted octanol–water partition coefficient (Wildman–Crippen LogP) is 4.05. The Labute approximate surface area is 162 Å². The molecular weight excluding hydrogens is 354 g/mol. The van der Waals surface area contributed by atoms with Crippen LogP contribution in [-0.2, 0) is 0 Å². The zero-order valence-corrected chi connectivity index (χ0v) is 15.0. The van der Waals surface area contributed by atoms with Gasteiger partial charge in [-0.15, -0.1) is 0 Å². The van der Waals surface area contributed by atoms with Gasteiger partial charge in [0.15, 0.2) is 11.5 Å². The Morgan fingerprint density at radius 1 is 0.929 bits per heavy atom. The maximum absolute atomic E-state index is 6.32. The summed E-state index contributed by atoms with van der Waals surface area (Å²) in [5, 5.41) is 7.02. The zero-order valence-electron chi connectivity index (χ0n) is 15.0. The lowest BCUT2D eigenvalue weighted by Crippen LogP contribution is -2.33. The van der Waals surface area contributed by atoms with Crippen LogP contribution in [0.5, 0.6) is 17.2 Å². The minimum Gasteiger partial charge on any atom is -0.464 e. The molecule has 0 saturated heterocycles. The summed E-state index contributed by atoms with van der Waals surface area (Å²) in [5.41, 5.74) is 4.19. The number of para-hydroxylation sites is 1. The first kappa shape index (κ1) is 15.5. The van der Waals surface area contributed by atoms with E-state index >= 15 is 0 Å². The van der Waals surface area contributed by atoms with Crippen molar-refractivity contribution in [2.45, 2.75) is 18.7 Å². The molecule has 28 heavy (non-hydrogen) atoms. The first-order valence-electron chi connectivity index (χ1n) is 9.28. The number of aromatic nitrogens is 1. The van der Waals surface area contributed by atoms with Crippen molar-refractivity contribution >= 4 is 5.71 Å². The van der Waals surface area contributed by atoms with Crippen molar-refractivity contribution in [3.8, 4) is 17.2 Å². The van der Waals surface area contributed by atoms with Gasteiger partial charge in [0.05, 0.1) is 11.8 Å². The third kappa shape index (κ3) is 2.34. The number of hydrogen-bond donors (Lipinski definition) is 0. The molecule has 0 bridgehead atoms. The third-order valence-electron chi connectivity index (χ3n) is 5.37. The van der Waals surface area contributed by atoms with Gasteiger partial charge in [0, 0.05) is 35.5 Å². The molecule has 0 spiro atoms. The summed E-state index contributed by atoms with van der Waals surface area (Å²) in [5.74, 6) is 2.45. The largest absolute Gasteiger partial charge is 0.464 e. The molecule has 0 amide bonds. The quantitative estimate of drug-likeness (QED) is 0.680. The fourth-order valence-electron chi connectivity index (χ4n) is 4.03. The molecule has 6 heteroatoms. The van der Waals surface area contributed by atoms with E-state index in [9.17, 15) is 0 Å². The fraction of sp³-hybridized carbons (Fsp3) is 0.182. The van der Waals surface area contributed by atoms with Gasteiger partial charge < -0.3 is 14.2 Å². The predicted molar refractivity (Wildman–Crippen MR) is 102 cm³/mol. The minimum atomic E-state index is -0.305. The monoisotopic (exact) mass is 371 g/mol. The van der Waals surface area contributed by atoms with Crippen LogP contribution < -0.4 is 14.2 Å². The number of hydrazone groups is 1. The summed E-state index contributed by atoms with van der Waals surface area (Å²) in [4.78, 5) is 4.26. The summed E-state index contributed by atoms with van der Waals surface area (Å²) in [6.45, 7) is 0.268. The van der Waals surface area contributed by atoms with Gasteiger partial charge >= 0.3 is 0 Å². The summed E-state index contributed by atoms with van der Waals surface area (Å²) < 4.78 is 17.3. The second-order valence-corrected chi connectivity index (χ2v) is 7.01. The molecule has 0 aliphatic carbocycles. The van der Waals surface area contributed by atoms with E-state index in [1.807, 2.05) is 54.7 Å². The van der Waals surface area contributed by atoms with Crippen molar-refractivity contribution in [2.24, 2.45) is 5.10 Å². The molecule has 2 unspecified atom stereocenters. The zero-order chi connectivity index (χ0) is 18.5. The van der Waals surface area contributed by atoms with Gasteiger partial charge in [-0.05, 0) is 30.3 Å². The summed E-state index contributed by atoms with van der Waals surface area (Å²) in [7, 11) is 0. The van der Waals surface area contributed by atoms with Crippen LogP contribution in [0.4, 0.5) is 0 Å². The van der Waals surface area contributed by atoms with Crippen molar-refractivity contribution in [3.63, 3.8) is 0 Å².